The number of anilines is 1. The number of rotatable bonds is 7. The maximum Gasteiger partial charge on any atom is 0.277 e. The van der Waals surface area contributed by atoms with E-state index in [0.29, 0.717) is 5.69 Å². The number of thioether (sulfide) groups is 1. The van der Waals surface area contributed by atoms with Crippen molar-refractivity contribution in [3.05, 3.63) is 54.3 Å². The molecule has 0 aliphatic rings. The molecule has 1 N–H and O–H groups in total. The maximum absolute atomic E-state index is 13.8. The summed E-state index contributed by atoms with van der Waals surface area (Å²) in [6, 6.07) is 12.0. The number of amides is 1. The fraction of sp³-hybridized carbons (Fsp3) is 0.211. The summed E-state index contributed by atoms with van der Waals surface area (Å²) in [7, 11) is -0.759. The van der Waals surface area contributed by atoms with Crippen molar-refractivity contribution in [2.24, 2.45) is 0 Å². The van der Waals surface area contributed by atoms with Gasteiger partial charge in [-0.05, 0) is 37.3 Å². The average Bonchev–Trinajstić information content (AvgIpc) is 3.16. The lowest BCUT2D eigenvalue weighted by Gasteiger charge is -2.14. The van der Waals surface area contributed by atoms with Gasteiger partial charge in [-0.25, -0.2) is 17.1 Å². The van der Waals surface area contributed by atoms with Crippen molar-refractivity contribution in [3.63, 3.8) is 0 Å². The van der Waals surface area contributed by atoms with Crippen LogP contribution in [0.4, 0.5) is 10.1 Å². The Morgan fingerprint density at radius 1 is 1.17 bits per heavy atom. The predicted molar refractivity (Wildman–Crippen MR) is 111 cm³/mol. The van der Waals surface area contributed by atoms with Crippen LogP contribution in [0.2, 0.25) is 0 Å². The summed E-state index contributed by atoms with van der Waals surface area (Å²) >= 11 is 1.01. The van der Waals surface area contributed by atoms with Crippen LogP contribution in [-0.4, -0.2) is 48.2 Å². The number of sulfonamides is 1. The summed E-state index contributed by atoms with van der Waals surface area (Å²) in [5.74, 6) is -0.856. The van der Waals surface area contributed by atoms with E-state index in [2.05, 4.69) is 15.5 Å². The van der Waals surface area contributed by atoms with Gasteiger partial charge in [0.15, 0.2) is 0 Å². The van der Waals surface area contributed by atoms with Crippen LogP contribution in [0, 0.1) is 5.82 Å². The van der Waals surface area contributed by atoms with E-state index in [1.165, 1.54) is 38.4 Å². The van der Waals surface area contributed by atoms with Gasteiger partial charge in [0.1, 0.15) is 5.82 Å². The van der Waals surface area contributed by atoms with Gasteiger partial charge in [-0.1, -0.05) is 30.0 Å². The number of halogens is 1. The number of nitrogens with zero attached hydrogens (tertiary/aromatic N) is 3. The topological polar surface area (TPSA) is 105 Å². The molecule has 0 saturated carbocycles. The Hall–Kier alpha value is -2.76. The number of carbonyl (C=O) groups is 1. The van der Waals surface area contributed by atoms with E-state index in [0.717, 1.165) is 16.1 Å². The van der Waals surface area contributed by atoms with Gasteiger partial charge < -0.3 is 9.73 Å². The summed E-state index contributed by atoms with van der Waals surface area (Å²) in [6.45, 7) is 1.63. The molecule has 8 nitrogen and oxygen atoms in total. The molecule has 1 amide bonds. The summed E-state index contributed by atoms with van der Waals surface area (Å²) in [5.41, 5.74) is 0.515. The van der Waals surface area contributed by atoms with Crippen LogP contribution in [-0.2, 0) is 14.8 Å². The van der Waals surface area contributed by atoms with Crippen LogP contribution in [0.1, 0.15) is 6.92 Å². The smallest absolute Gasteiger partial charge is 0.277 e. The number of aromatic nitrogens is 2. The summed E-state index contributed by atoms with van der Waals surface area (Å²) in [4.78, 5) is 12.6. The van der Waals surface area contributed by atoms with Gasteiger partial charge in [0.2, 0.25) is 15.9 Å². The Balaban J connectivity index is 1.68. The minimum absolute atomic E-state index is 0.0183. The van der Waals surface area contributed by atoms with Crippen LogP contribution >= 0.6 is 11.8 Å². The Morgan fingerprint density at radius 3 is 2.60 bits per heavy atom. The molecule has 0 aliphatic heterocycles. The second kappa shape index (κ2) is 8.94. The summed E-state index contributed by atoms with van der Waals surface area (Å²) < 4.78 is 44.9. The third-order valence-corrected chi connectivity index (χ3v) is 6.78. The first-order valence-corrected chi connectivity index (χ1v) is 11.1. The quantitative estimate of drug-likeness (QED) is 0.551. The van der Waals surface area contributed by atoms with E-state index in [1.54, 1.807) is 31.2 Å². The Morgan fingerprint density at radius 2 is 1.90 bits per heavy atom. The standard InChI is InChI=1S/C19H19FN4O4S2/c1-12(29-19-23-22-18(28-19)15-9-4-5-10-16(15)20)17(25)21-13-7-6-8-14(11-13)30(26,27)24(2)3/h4-12H,1-3H3,(H,21,25)/t12-/m1/s1. The highest BCUT2D eigenvalue weighted by Crippen LogP contribution is 2.28. The number of nitrogens with one attached hydrogen (secondary N) is 1. The molecular formula is C19H19FN4O4S2. The highest BCUT2D eigenvalue weighted by Gasteiger charge is 2.21. The van der Waals surface area contributed by atoms with E-state index in [1.807, 2.05) is 0 Å². The zero-order chi connectivity index (χ0) is 21.9. The van der Waals surface area contributed by atoms with Gasteiger partial charge >= 0.3 is 0 Å². The van der Waals surface area contributed by atoms with E-state index >= 15 is 0 Å². The molecule has 3 aromatic rings. The van der Waals surface area contributed by atoms with Gasteiger partial charge in [0.25, 0.3) is 11.1 Å². The molecule has 0 aliphatic carbocycles. The minimum atomic E-state index is -3.62. The zero-order valence-corrected chi connectivity index (χ0v) is 18.0. The number of hydrogen-bond acceptors (Lipinski definition) is 7. The lowest BCUT2D eigenvalue weighted by Crippen LogP contribution is -2.24. The molecule has 0 unspecified atom stereocenters. The van der Waals surface area contributed by atoms with Crippen molar-refractivity contribution in [2.45, 2.75) is 22.3 Å². The molecule has 3 rings (SSSR count). The predicted octanol–water partition coefficient (Wildman–Crippen LogP) is 3.25. The fourth-order valence-corrected chi connectivity index (χ4v) is 4.03. The molecule has 2 aromatic carbocycles. The van der Waals surface area contributed by atoms with Gasteiger partial charge in [-0.2, -0.15) is 0 Å². The Kier molecular flexibility index (Phi) is 6.54. The van der Waals surface area contributed by atoms with Gasteiger partial charge in [0, 0.05) is 19.8 Å². The fourth-order valence-electron chi connectivity index (χ4n) is 2.39. The first-order valence-electron chi connectivity index (χ1n) is 8.77. The molecule has 0 bridgehead atoms. The molecule has 0 saturated heterocycles. The SMILES string of the molecule is C[C@@H](Sc1nnc(-c2ccccc2F)o1)C(=O)Nc1cccc(S(=O)(=O)N(C)C)c1. The molecule has 1 heterocycles. The van der Waals surface area contributed by atoms with E-state index < -0.39 is 21.1 Å². The van der Waals surface area contributed by atoms with Crippen LogP contribution in [0.25, 0.3) is 11.5 Å². The molecular weight excluding hydrogens is 431 g/mol. The highest BCUT2D eigenvalue weighted by atomic mass is 32.2. The van der Waals surface area contributed by atoms with E-state index in [-0.39, 0.29) is 27.5 Å². The van der Waals surface area contributed by atoms with Crippen molar-refractivity contribution in [1.82, 2.24) is 14.5 Å². The molecule has 1 aromatic heterocycles. The van der Waals surface area contributed by atoms with Gasteiger partial charge in [-0.15, -0.1) is 10.2 Å². The molecule has 0 radical (unpaired) electrons. The van der Waals surface area contributed by atoms with Crippen LogP contribution in [0.15, 0.2) is 63.1 Å². The third kappa shape index (κ3) is 4.86. The van der Waals surface area contributed by atoms with Crippen molar-refractivity contribution in [1.29, 1.82) is 0 Å². The molecule has 0 fully saturated rings. The van der Waals surface area contributed by atoms with Crippen molar-refractivity contribution in [2.75, 3.05) is 19.4 Å². The maximum atomic E-state index is 13.8. The lowest BCUT2D eigenvalue weighted by molar-refractivity contribution is -0.115. The normalized spacial score (nSPS) is 12.7. The number of hydrogen-bond donors (Lipinski definition) is 1. The van der Waals surface area contributed by atoms with E-state index in [4.69, 9.17) is 4.42 Å². The van der Waals surface area contributed by atoms with Crippen molar-refractivity contribution >= 4 is 33.4 Å². The molecule has 30 heavy (non-hydrogen) atoms. The lowest BCUT2D eigenvalue weighted by atomic mass is 10.2. The average molecular weight is 451 g/mol. The minimum Gasteiger partial charge on any atom is -0.411 e. The van der Waals surface area contributed by atoms with Gasteiger partial charge in [0.05, 0.1) is 15.7 Å². The first-order chi connectivity index (χ1) is 14.2. The van der Waals surface area contributed by atoms with Crippen LogP contribution in [0.3, 0.4) is 0 Å². The number of carbonyl (C=O) groups excluding carboxylic acids is 1. The second-order valence-corrected chi connectivity index (χ2v) is 9.86. The monoisotopic (exact) mass is 450 g/mol. The highest BCUT2D eigenvalue weighted by molar-refractivity contribution is 8.00. The van der Waals surface area contributed by atoms with Crippen molar-refractivity contribution < 1.29 is 22.0 Å². The zero-order valence-electron chi connectivity index (χ0n) is 16.4. The molecule has 158 valence electrons. The van der Waals surface area contributed by atoms with Crippen molar-refractivity contribution in [3.8, 4) is 11.5 Å². The van der Waals surface area contributed by atoms with Crippen LogP contribution in [0.5, 0.6) is 0 Å². The van der Waals surface area contributed by atoms with Crippen LogP contribution < -0.4 is 5.32 Å². The Bertz CT molecular complexity index is 1160. The largest absolute Gasteiger partial charge is 0.411 e. The molecule has 0 spiro atoms. The summed E-state index contributed by atoms with van der Waals surface area (Å²) in [6.07, 6.45) is 0. The first kappa shape index (κ1) is 21.9. The van der Waals surface area contributed by atoms with Gasteiger partial charge in [-0.3, -0.25) is 4.79 Å². The molecule has 11 heteroatoms. The second-order valence-electron chi connectivity index (χ2n) is 6.42. The number of benzene rings is 2. The van der Waals surface area contributed by atoms with E-state index in [9.17, 15) is 17.6 Å². The Labute approximate surface area is 177 Å². The third-order valence-electron chi connectivity index (χ3n) is 4.04. The molecule has 1 atom stereocenters. The summed E-state index contributed by atoms with van der Waals surface area (Å²) in [5, 5.41) is 9.81.